The lowest BCUT2D eigenvalue weighted by Crippen LogP contribution is -2.54. The topological polar surface area (TPSA) is 93.1 Å². The van der Waals surface area contributed by atoms with Crippen LogP contribution in [0.25, 0.3) is 5.57 Å². The zero-order valence-corrected chi connectivity index (χ0v) is 16.4. The number of esters is 2. The van der Waals surface area contributed by atoms with Crippen LogP contribution < -0.4 is 0 Å². The average molecular weight is 458 g/mol. The van der Waals surface area contributed by atoms with E-state index in [0.29, 0.717) is 0 Å². The first-order valence-electron chi connectivity index (χ1n) is 8.83. The normalized spacial score (nSPS) is 16.8. The zero-order valence-electron chi connectivity index (χ0n) is 16.4. The molecule has 0 radical (unpaired) electrons. The highest BCUT2D eigenvalue weighted by molar-refractivity contribution is 5.88. The number of halogens is 6. The molecule has 1 aromatic rings. The number of alkyl halides is 6. The molecular weight excluding hydrogens is 438 g/mol. The van der Waals surface area contributed by atoms with Gasteiger partial charge >= 0.3 is 24.3 Å². The van der Waals surface area contributed by atoms with Crippen LogP contribution in [-0.2, 0) is 19.1 Å². The molecule has 0 aliphatic heterocycles. The summed E-state index contributed by atoms with van der Waals surface area (Å²) in [7, 11) is 0. The lowest BCUT2D eigenvalue weighted by atomic mass is 9.86. The van der Waals surface area contributed by atoms with Crippen LogP contribution >= 0.6 is 0 Å². The maximum absolute atomic E-state index is 13.5. The third-order valence-electron chi connectivity index (χ3n) is 4.07. The van der Waals surface area contributed by atoms with Gasteiger partial charge in [0.1, 0.15) is 0 Å². The Hall–Kier alpha value is -2.60. The van der Waals surface area contributed by atoms with Crippen molar-refractivity contribution < 1.29 is 55.6 Å². The van der Waals surface area contributed by atoms with E-state index >= 15 is 0 Å². The molecule has 1 aromatic carbocycles. The van der Waals surface area contributed by atoms with Gasteiger partial charge in [-0.1, -0.05) is 30.3 Å². The third kappa shape index (κ3) is 5.76. The molecule has 0 fully saturated rings. The predicted octanol–water partition coefficient (Wildman–Crippen LogP) is 3.17. The summed E-state index contributed by atoms with van der Waals surface area (Å²) in [5, 5.41) is 20.2. The van der Waals surface area contributed by atoms with Crippen molar-refractivity contribution in [1.29, 1.82) is 0 Å². The number of benzene rings is 1. The predicted molar refractivity (Wildman–Crippen MR) is 94.3 cm³/mol. The lowest BCUT2D eigenvalue weighted by molar-refractivity contribution is -0.260. The monoisotopic (exact) mass is 458 g/mol. The first-order valence-corrected chi connectivity index (χ1v) is 8.83. The minimum atomic E-state index is -5.69. The van der Waals surface area contributed by atoms with Gasteiger partial charge < -0.3 is 19.7 Å². The Morgan fingerprint density at radius 3 is 1.77 bits per heavy atom. The van der Waals surface area contributed by atoms with Crippen LogP contribution in [0, 0.1) is 0 Å². The number of carbonyl (C=O) groups excluding carboxylic acids is 2. The summed E-state index contributed by atoms with van der Waals surface area (Å²) in [6.07, 6.45) is -13.3. The van der Waals surface area contributed by atoms with Crippen LogP contribution in [0.5, 0.6) is 0 Å². The van der Waals surface area contributed by atoms with Crippen LogP contribution in [0.2, 0.25) is 0 Å². The molecule has 0 bridgehead atoms. The molecule has 0 saturated carbocycles. The summed E-state index contributed by atoms with van der Waals surface area (Å²) < 4.78 is 89.7. The molecule has 6 nitrogen and oxygen atoms in total. The van der Waals surface area contributed by atoms with E-state index in [1.807, 2.05) is 0 Å². The fourth-order valence-corrected chi connectivity index (χ4v) is 2.45. The second-order valence-electron chi connectivity index (χ2n) is 6.28. The number of ether oxygens (including phenoxy) is 2. The molecule has 31 heavy (non-hydrogen) atoms. The van der Waals surface area contributed by atoms with Crippen molar-refractivity contribution in [3.05, 3.63) is 42.0 Å². The van der Waals surface area contributed by atoms with E-state index in [1.165, 1.54) is 18.2 Å². The molecule has 0 aliphatic carbocycles. The lowest BCUT2D eigenvalue weighted by Gasteiger charge is -2.31. The summed E-state index contributed by atoms with van der Waals surface area (Å²) in [6, 6.07) is 6.02. The number of hydrogen-bond acceptors (Lipinski definition) is 6. The van der Waals surface area contributed by atoms with Gasteiger partial charge in [0.15, 0.2) is 0 Å². The molecule has 0 aliphatic rings. The molecule has 2 atom stereocenters. The molecule has 0 unspecified atom stereocenters. The highest BCUT2D eigenvalue weighted by atomic mass is 19.4. The van der Waals surface area contributed by atoms with Gasteiger partial charge in [-0.25, -0.2) is 9.59 Å². The van der Waals surface area contributed by atoms with Crippen molar-refractivity contribution in [1.82, 2.24) is 0 Å². The maximum Gasteiger partial charge on any atom is 0.431 e. The van der Waals surface area contributed by atoms with Crippen molar-refractivity contribution in [3.63, 3.8) is 0 Å². The standard InChI is InChI=1S/C19H20F6O6/c1-3-30-14(26)16(28,18(20,21)22)10-13(12-8-6-5-7-9-12)11-17(29,19(23,24)25)15(27)31-4-2/h5-10,28-29H,3-4,11H2,1-2H3/b13-10-/t16-,17-/m0/s1. The summed E-state index contributed by atoms with van der Waals surface area (Å²) in [5.74, 6) is -4.35. The Bertz CT molecular complexity index is 804. The quantitative estimate of drug-likeness (QED) is 0.459. The summed E-state index contributed by atoms with van der Waals surface area (Å²) in [5.41, 5.74) is -9.94. The Labute approximate surface area is 173 Å². The van der Waals surface area contributed by atoms with Gasteiger partial charge in [-0.15, -0.1) is 0 Å². The highest BCUT2D eigenvalue weighted by Crippen LogP contribution is 2.42. The molecular formula is C19H20F6O6. The van der Waals surface area contributed by atoms with Crippen molar-refractivity contribution in [2.75, 3.05) is 13.2 Å². The fourth-order valence-electron chi connectivity index (χ4n) is 2.45. The second kappa shape index (κ2) is 9.69. The van der Waals surface area contributed by atoms with E-state index in [2.05, 4.69) is 9.47 Å². The van der Waals surface area contributed by atoms with Crippen LogP contribution in [0.4, 0.5) is 26.3 Å². The Morgan fingerprint density at radius 1 is 0.871 bits per heavy atom. The SMILES string of the molecule is CCOC(=O)[C@@](O)(/C=C(/C[C@](O)(C(=O)OCC)C(F)(F)F)c1ccccc1)C(F)(F)F. The third-order valence-corrected chi connectivity index (χ3v) is 4.07. The molecule has 0 saturated heterocycles. The Morgan fingerprint density at radius 2 is 1.35 bits per heavy atom. The van der Waals surface area contributed by atoms with Crippen molar-refractivity contribution >= 4 is 17.5 Å². The number of hydrogen-bond donors (Lipinski definition) is 2. The number of carbonyl (C=O) groups is 2. The van der Waals surface area contributed by atoms with Gasteiger partial charge in [0.2, 0.25) is 0 Å². The van der Waals surface area contributed by atoms with E-state index in [-0.39, 0.29) is 11.6 Å². The largest absolute Gasteiger partial charge is 0.464 e. The minimum Gasteiger partial charge on any atom is -0.464 e. The van der Waals surface area contributed by atoms with Crippen LogP contribution in [0.3, 0.4) is 0 Å². The Balaban J connectivity index is 3.75. The van der Waals surface area contributed by atoms with Gasteiger partial charge in [0, 0.05) is 6.42 Å². The van der Waals surface area contributed by atoms with Gasteiger partial charge in [-0.2, -0.15) is 26.3 Å². The summed E-state index contributed by atoms with van der Waals surface area (Å²) >= 11 is 0. The van der Waals surface area contributed by atoms with E-state index in [9.17, 15) is 46.1 Å². The fraction of sp³-hybridized carbons (Fsp3) is 0.474. The highest BCUT2D eigenvalue weighted by Gasteiger charge is 2.63. The molecule has 1 rings (SSSR count). The molecule has 0 spiro atoms. The summed E-state index contributed by atoms with van der Waals surface area (Å²) in [4.78, 5) is 23.7. The molecule has 0 aromatic heterocycles. The van der Waals surface area contributed by atoms with Gasteiger partial charge in [0.05, 0.1) is 13.2 Å². The smallest absolute Gasteiger partial charge is 0.431 e. The zero-order chi connectivity index (χ0) is 24.1. The van der Waals surface area contributed by atoms with Crippen molar-refractivity contribution in [2.45, 2.75) is 43.8 Å². The van der Waals surface area contributed by atoms with Crippen LogP contribution in [0.1, 0.15) is 25.8 Å². The van der Waals surface area contributed by atoms with E-state index in [4.69, 9.17) is 0 Å². The molecule has 0 amide bonds. The molecule has 174 valence electrons. The first-order chi connectivity index (χ1) is 14.1. The van der Waals surface area contributed by atoms with Crippen LogP contribution in [-0.4, -0.2) is 58.9 Å². The molecule has 2 N–H and O–H groups in total. The minimum absolute atomic E-state index is 0.212. The maximum atomic E-state index is 13.5. The summed E-state index contributed by atoms with van der Waals surface area (Å²) in [6.45, 7) is 1.18. The van der Waals surface area contributed by atoms with Crippen LogP contribution in [0.15, 0.2) is 36.4 Å². The van der Waals surface area contributed by atoms with Gasteiger partial charge in [-0.3, -0.25) is 0 Å². The second-order valence-corrected chi connectivity index (χ2v) is 6.28. The number of aliphatic hydroxyl groups is 2. The van der Waals surface area contributed by atoms with Gasteiger partial charge in [0.25, 0.3) is 11.2 Å². The van der Waals surface area contributed by atoms with E-state index < -0.39 is 60.7 Å². The Kier molecular flexibility index (Phi) is 8.26. The molecule has 0 heterocycles. The van der Waals surface area contributed by atoms with Crippen molar-refractivity contribution in [3.8, 4) is 0 Å². The van der Waals surface area contributed by atoms with Crippen molar-refractivity contribution in [2.24, 2.45) is 0 Å². The molecule has 12 heteroatoms. The first kappa shape index (κ1) is 26.4. The average Bonchev–Trinajstić information content (AvgIpc) is 2.66. The van der Waals surface area contributed by atoms with E-state index in [0.717, 1.165) is 26.0 Å². The number of rotatable bonds is 8. The van der Waals surface area contributed by atoms with E-state index in [1.54, 1.807) is 0 Å². The van der Waals surface area contributed by atoms with Gasteiger partial charge in [-0.05, 0) is 31.1 Å².